The maximum Gasteiger partial charge on any atom is 0.339 e. The van der Waals surface area contributed by atoms with Crippen LogP contribution in [-0.4, -0.2) is 23.7 Å². The molecule has 0 saturated heterocycles. The summed E-state index contributed by atoms with van der Waals surface area (Å²) in [5, 5.41) is 8.91. The Morgan fingerprint density at radius 1 is 1.47 bits per heavy atom. The van der Waals surface area contributed by atoms with Crippen LogP contribution in [0.2, 0.25) is 0 Å². The Morgan fingerprint density at radius 3 is 2.67 bits per heavy atom. The van der Waals surface area contributed by atoms with Crippen molar-refractivity contribution in [3.63, 3.8) is 0 Å². The Labute approximate surface area is 92.3 Å². The predicted molar refractivity (Wildman–Crippen MR) is 56.6 cm³/mol. The van der Waals surface area contributed by atoms with Crippen molar-refractivity contribution >= 4 is 24.6 Å². The molecular formula is C10H10O4S. The lowest BCUT2D eigenvalue weighted by atomic mass is 10.1. The summed E-state index contributed by atoms with van der Waals surface area (Å²) in [7, 11) is 0. The van der Waals surface area contributed by atoms with E-state index in [1.807, 2.05) is 0 Å². The van der Waals surface area contributed by atoms with Gasteiger partial charge in [0.25, 0.3) is 0 Å². The zero-order valence-electron chi connectivity index (χ0n) is 8.06. The molecule has 0 bridgehead atoms. The van der Waals surface area contributed by atoms with Crippen molar-refractivity contribution in [3.05, 3.63) is 29.3 Å². The summed E-state index contributed by atoms with van der Waals surface area (Å²) < 4.78 is 4.74. The third kappa shape index (κ3) is 2.50. The lowest BCUT2D eigenvalue weighted by Gasteiger charge is -2.06. The quantitative estimate of drug-likeness (QED) is 0.610. The monoisotopic (exact) mass is 226 g/mol. The molecule has 5 heteroatoms. The molecule has 0 fully saturated rings. The summed E-state index contributed by atoms with van der Waals surface area (Å²) in [4.78, 5) is 22.5. The molecule has 0 aliphatic carbocycles. The molecule has 1 N–H and O–H groups in total. The van der Waals surface area contributed by atoms with Crippen molar-refractivity contribution in [2.45, 2.75) is 11.8 Å². The summed E-state index contributed by atoms with van der Waals surface area (Å²) in [5.74, 6) is -1.84. The molecule has 0 saturated carbocycles. The van der Waals surface area contributed by atoms with Gasteiger partial charge in [0.05, 0.1) is 17.7 Å². The average Bonchev–Trinajstić information content (AvgIpc) is 2.17. The number of carbonyl (C=O) groups excluding carboxylic acids is 1. The van der Waals surface area contributed by atoms with Gasteiger partial charge in [-0.05, 0) is 19.1 Å². The van der Waals surface area contributed by atoms with Crippen molar-refractivity contribution in [1.29, 1.82) is 0 Å². The maximum atomic E-state index is 11.4. The number of carbonyl (C=O) groups is 2. The first-order valence-electron chi connectivity index (χ1n) is 4.30. The molecule has 15 heavy (non-hydrogen) atoms. The molecule has 0 aliphatic heterocycles. The molecule has 0 heterocycles. The van der Waals surface area contributed by atoms with Gasteiger partial charge in [-0.15, -0.1) is 12.6 Å². The third-order valence-electron chi connectivity index (χ3n) is 1.75. The molecule has 0 atom stereocenters. The van der Waals surface area contributed by atoms with Crippen LogP contribution in [0.3, 0.4) is 0 Å². The van der Waals surface area contributed by atoms with Gasteiger partial charge in [0, 0.05) is 4.90 Å². The van der Waals surface area contributed by atoms with Gasteiger partial charge in [-0.1, -0.05) is 6.07 Å². The Hall–Kier alpha value is -1.49. The maximum absolute atomic E-state index is 11.4. The average molecular weight is 226 g/mol. The van der Waals surface area contributed by atoms with E-state index in [0.29, 0.717) is 0 Å². The van der Waals surface area contributed by atoms with Crippen LogP contribution in [0, 0.1) is 0 Å². The van der Waals surface area contributed by atoms with Crippen molar-refractivity contribution < 1.29 is 19.4 Å². The summed E-state index contributed by atoms with van der Waals surface area (Å²) in [5.41, 5.74) is -0.101. The molecule has 0 unspecified atom stereocenters. The molecule has 1 aromatic carbocycles. The molecule has 0 aliphatic rings. The van der Waals surface area contributed by atoms with E-state index < -0.39 is 11.9 Å². The summed E-state index contributed by atoms with van der Waals surface area (Å²) in [6.07, 6.45) is 0. The second-order valence-electron chi connectivity index (χ2n) is 2.73. The fourth-order valence-electron chi connectivity index (χ4n) is 1.14. The van der Waals surface area contributed by atoms with Crippen LogP contribution in [0.1, 0.15) is 27.6 Å². The van der Waals surface area contributed by atoms with E-state index in [1.165, 1.54) is 12.1 Å². The minimum Gasteiger partial charge on any atom is -0.478 e. The lowest BCUT2D eigenvalue weighted by molar-refractivity contribution is 0.0513. The molecule has 80 valence electrons. The van der Waals surface area contributed by atoms with Crippen LogP contribution in [-0.2, 0) is 4.74 Å². The van der Waals surface area contributed by atoms with E-state index in [-0.39, 0.29) is 22.6 Å². The smallest absolute Gasteiger partial charge is 0.339 e. The molecule has 0 amide bonds. The Kier molecular flexibility index (Phi) is 3.74. The molecule has 0 aromatic heterocycles. The molecule has 0 spiro atoms. The number of thiol groups is 1. The summed E-state index contributed by atoms with van der Waals surface area (Å²) >= 11 is 3.98. The van der Waals surface area contributed by atoms with Crippen molar-refractivity contribution in [2.75, 3.05) is 6.61 Å². The predicted octanol–water partition coefficient (Wildman–Crippen LogP) is 1.85. The summed E-state index contributed by atoms with van der Waals surface area (Å²) in [6.45, 7) is 1.86. The topological polar surface area (TPSA) is 63.6 Å². The zero-order valence-corrected chi connectivity index (χ0v) is 8.95. The van der Waals surface area contributed by atoms with Crippen LogP contribution < -0.4 is 0 Å². The van der Waals surface area contributed by atoms with Gasteiger partial charge in [-0.3, -0.25) is 0 Å². The Balaban J connectivity index is 3.23. The van der Waals surface area contributed by atoms with Gasteiger partial charge in [0.2, 0.25) is 0 Å². The van der Waals surface area contributed by atoms with E-state index in [0.717, 1.165) is 0 Å². The van der Waals surface area contributed by atoms with Crippen molar-refractivity contribution in [3.8, 4) is 0 Å². The van der Waals surface area contributed by atoms with Crippen molar-refractivity contribution in [2.24, 2.45) is 0 Å². The standard InChI is InChI=1S/C10H10O4S/c1-2-14-10(13)6-4-3-5-7(15)8(6)9(11)12/h3-5,15H,2H2,1H3,(H,11,12). The molecule has 1 rings (SSSR count). The number of carboxylic acids is 1. The fourth-order valence-corrected chi connectivity index (χ4v) is 1.45. The number of ether oxygens (including phenoxy) is 1. The van der Waals surface area contributed by atoms with E-state index >= 15 is 0 Å². The van der Waals surface area contributed by atoms with Crippen LogP contribution in [0.5, 0.6) is 0 Å². The van der Waals surface area contributed by atoms with Crippen LogP contribution >= 0.6 is 12.6 Å². The largest absolute Gasteiger partial charge is 0.478 e. The Morgan fingerprint density at radius 2 is 2.13 bits per heavy atom. The Bertz CT molecular complexity index is 400. The number of aromatic carboxylic acids is 1. The van der Waals surface area contributed by atoms with E-state index in [9.17, 15) is 9.59 Å². The second-order valence-corrected chi connectivity index (χ2v) is 3.21. The van der Waals surface area contributed by atoms with Crippen molar-refractivity contribution in [1.82, 2.24) is 0 Å². The van der Waals surface area contributed by atoms with Crippen LogP contribution in [0.15, 0.2) is 23.1 Å². The van der Waals surface area contributed by atoms with Crippen LogP contribution in [0.25, 0.3) is 0 Å². The third-order valence-corrected chi connectivity index (χ3v) is 2.12. The molecule has 1 aromatic rings. The highest BCUT2D eigenvalue weighted by atomic mass is 32.1. The van der Waals surface area contributed by atoms with Gasteiger partial charge in [0.15, 0.2) is 0 Å². The SMILES string of the molecule is CCOC(=O)c1cccc(S)c1C(=O)O. The number of hydrogen-bond acceptors (Lipinski definition) is 4. The summed E-state index contributed by atoms with van der Waals surface area (Å²) in [6, 6.07) is 4.47. The first kappa shape index (κ1) is 11.6. The molecule has 0 radical (unpaired) electrons. The zero-order chi connectivity index (χ0) is 11.4. The first-order chi connectivity index (χ1) is 7.07. The molecular weight excluding hydrogens is 216 g/mol. The van der Waals surface area contributed by atoms with Gasteiger partial charge < -0.3 is 9.84 Å². The van der Waals surface area contributed by atoms with Gasteiger partial charge in [-0.25, -0.2) is 9.59 Å². The highest BCUT2D eigenvalue weighted by Crippen LogP contribution is 2.19. The number of benzene rings is 1. The normalized spacial score (nSPS) is 9.73. The highest BCUT2D eigenvalue weighted by Gasteiger charge is 2.19. The number of esters is 1. The number of carboxylic acid groups (broad SMARTS) is 1. The first-order valence-corrected chi connectivity index (χ1v) is 4.75. The number of hydrogen-bond donors (Lipinski definition) is 2. The van der Waals surface area contributed by atoms with Gasteiger partial charge >= 0.3 is 11.9 Å². The minimum atomic E-state index is -1.19. The number of rotatable bonds is 3. The van der Waals surface area contributed by atoms with Gasteiger partial charge in [-0.2, -0.15) is 0 Å². The van der Waals surface area contributed by atoms with Gasteiger partial charge in [0.1, 0.15) is 0 Å². The van der Waals surface area contributed by atoms with Crippen LogP contribution in [0.4, 0.5) is 0 Å². The minimum absolute atomic E-state index is 0.0249. The lowest BCUT2D eigenvalue weighted by Crippen LogP contribution is -2.12. The second kappa shape index (κ2) is 4.84. The molecule has 4 nitrogen and oxygen atoms in total. The van der Waals surface area contributed by atoms with E-state index in [4.69, 9.17) is 9.84 Å². The highest BCUT2D eigenvalue weighted by molar-refractivity contribution is 7.80. The van der Waals surface area contributed by atoms with E-state index in [1.54, 1.807) is 13.0 Å². The van der Waals surface area contributed by atoms with E-state index in [2.05, 4.69) is 12.6 Å². The fraction of sp³-hybridized carbons (Fsp3) is 0.200.